The molecule has 0 atom stereocenters. The van der Waals surface area contributed by atoms with Crippen molar-refractivity contribution in [2.24, 2.45) is 7.05 Å². The Labute approximate surface area is 112 Å². The van der Waals surface area contributed by atoms with Gasteiger partial charge in [-0.2, -0.15) is 5.10 Å². The van der Waals surface area contributed by atoms with Gasteiger partial charge in [0.15, 0.2) is 0 Å². The predicted octanol–water partition coefficient (Wildman–Crippen LogP) is 1.77. The van der Waals surface area contributed by atoms with Crippen LogP contribution in [0.5, 0.6) is 0 Å². The van der Waals surface area contributed by atoms with Crippen LogP contribution in [0.2, 0.25) is 0 Å². The molecule has 90 valence electrons. The summed E-state index contributed by atoms with van der Waals surface area (Å²) in [5.41, 5.74) is 1.42. The number of rotatable bonds is 4. The molecule has 0 fully saturated rings. The normalized spacial score (nSPS) is 10.7. The highest BCUT2D eigenvalue weighted by atomic mass is 127. The fraction of sp³-hybridized carbons (Fsp3) is 0.273. The Morgan fingerprint density at radius 3 is 2.94 bits per heavy atom. The minimum absolute atomic E-state index is 0.330. The summed E-state index contributed by atoms with van der Waals surface area (Å²) in [6.45, 7) is 0.643. The second kappa shape index (κ2) is 4.91. The number of nitrogens with zero attached hydrogens (tertiary/aromatic N) is 3. The third-order valence-electron chi connectivity index (χ3n) is 2.61. The second-order valence-corrected chi connectivity index (χ2v) is 4.98. The van der Waals surface area contributed by atoms with Gasteiger partial charge in [-0.3, -0.25) is 4.68 Å². The van der Waals surface area contributed by atoms with Crippen molar-refractivity contribution >= 4 is 28.6 Å². The van der Waals surface area contributed by atoms with Crippen LogP contribution in [-0.4, -0.2) is 25.4 Å². The van der Waals surface area contributed by atoms with E-state index in [1.165, 1.54) is 0 Å². The molecule has 0 saturated carbocycles. The summed E-state index contributed by atoms with van der Waals surface area (Å²) >= 11 is 2.12. The third kappa shape index (κ3) is 2.68. The molecule has 5 nitrogen and oxygen atoms in total. The van der Waals surface area contributed by atoms with Crippen molar-refractivity contribution in [3.05, 3.63) is 39.5 Å². The topological polar surface area (TPSA) is 60.0 Å². The summed E-state index contributed by atoms with van der Waals surface area (Å²) in [5.74, 6) is -0.891. The summed E-state index contributed by atoms with van der Waals surface area (Å²) in [6.07, 6.45) is 4.36. The molecule has 0 saturated heterocycles. The molecule has 0 amide bonds. The first kappa shape index (κ1) is 12.2. The molecule has 0 unspecified atom stereocenters. The highest BCUT2D eigenvalue weighted by Gasteiger charge is 2.11. The van der Waals surface area contributed by atoms with Crippen LogP contribution in [0.4, 0.5) is 0 Å². The van der Waals surface area contributed by atoms with Gasteiger partial charge >= 0.3 is 5.97 Å². The maximum absolute atomic E-state index is 11.0. The first-order chi connectivity index (χ1) is 8.08. The quantitative estimate of drug-likeness (QED) is 0.860. The Kier molecular flexibility index (Phi) is 3.51. The maximum atomic E-state index is 11.0. The SMILES string of the molecule is Cn1nccc1CCn1cc(I)cc1C(=O)O. The lowest BCUT2D eigenvalue weighted by molar-refractivity contribution is 0.0685. The average molecular weight is 345 g/mol. The first-order valence-electron chi connectivity index (χ1n) is 5.14. The molecular formula is C11H12IN3O2. The van der Waals surface area contributed by atoms with Crippen LogP contribution in [0.15, 0.2) is 24.5 Å². The number of carboxylic acids is 1. The Morgan fingerprint density at radius 1 is 1.59 bits per heavy atom. The van der Waals surface area contributed by atoms with Crippen LogP contribution in [0.1, 0.15) is 16.2 Å². The number of hydrogen-bond donors (Lipinski definition) is 1. The Morgan fingerprint density at radius 2 is 2.35 bits per heavy atom. The minimum atomic E-state index is -0.891. The van der Waals surface area contributed by atoms with Gasteiger partial charge in [0, 0.05) is 41.7 Å². The third-order valence-corrected chi connectivity index (χ3v) is 3.20. The largest absolute Gasteiger partial charge is 0.477 e. The highest BCUT2D eigenvalue weighted by molar-refractivity contribution is 14.1. The average Bonchev–Trinajstić information content (AvgIpc) is 2.82. The summed E-state index contributed by atoms with van der Waals surface area (Å²) < 4.78 is 4.50. The van der Waals surface area contributed by atoms with Crippen LogP contribution >= 0.6 is 22.6 Å². The van der Waals surface area contributed by atoms with Crippen molar-refractivity contribution in [2.45, 2.75) is 13.0 Å². The Hall–Kier alpha value is -1.31. The Bertz CT molecular complexity index is 545. The fourth-order valence-electron chi connectivity index (χ4n) is 1.72. The van der Waals surface area contributed by atoms with Crippen molar-refractivity contribution in [3.8, 4) is 0 Å². The first-order valence-corrected chi connectivity index (χ1v) is 6.21. The number of aryl methyl sites for hydroxylation is 3. The van der Waals surface area contributed by atoms with E-state index in [2.05, 4.69) is 27.7 Å². The number of aromatic carboxylic acids is 1. The molecule has 2 rings (SSSR count). The fourth-order valence-corrected chi connectivity index (χ4v) is 2.35. The van der Waals surface area contributed by atoms with Crippen LogP contribution in [0, 0.1) is 3.57 Å². The van der Waals surface area contributed by atoms with E-state index >= 15 is 0 Å². The van der Waals surface area contributed by atoms with E-state index < -0.39 is 5.97 Å². The van der Waals surface area contributed by atoms with Crippen molar-refractivity contribution in [2.75, 3.05) is 0 Å². The molecule has 0 bridgehead atoms. The van der Waals surface area contributed by atoms with E-state index in [0.29, 0.717) is 12.2 Å². The van der Waals surface area contributed by atoms with Gasteiger partial charge in [0.1, 0.15) is 5.69 Å². The van der Waals surface area contributed by atoms with Crippen molar-refractivity contribution in [3.63, 3.8) is 0 Å². The molecule has 2 aromatic heterocycles. The summed E-state index contributed by atoms with van der Waals surface area (Å²) in [7, 11) is 1.88. The zero-order valence-corrected chi connectivity index (χ0v) is 11.5. The van der Waals surface area contributed by atoms with E-state index in [1.807, 2.05) is 19.3 Å². The van der Waals surface area contributed by atoms with Gasteiger partial charge in [-0.1, -0.05) is 0 Å². The van der Waals surface area contributed by atoms with Gasteiger partial charge in [0.25, 0.3) is 0 Å². The lowest BCUT2D eigenvalue weighted by Crippen LogP contribution is -2.10. The smallest absolute Gasteiger partial charge is 0.352 e. The van der Waals surface area contributed by atoms with Crippen LogP contribution in [0.25, 0.3) is 0 Å². The van der Waals surface area contributed by atoms with E-state index in [4.69, 9.17) is 5.11 Å². The predicted molar refractivity (Wildman–Crippen MR) is 71.0 cm³/mol. The standard InChI is InChI=1S/C11H12IN3O2/c1-14-9(2-4-13-14)3-5-15-7-8(12)6-10(15)11(16)17/h2,4,6-7H,3,5H2,1H3,(H,16,17). The van der Waals surface area contributed by atoms with E-state index in [0.717, 1.165) is 15.7 Å². The summed E-state index contributed by atoms with van der Waals surface area (Å²) in [4.78, 5) is 11.0. The molecular weight excluding hydrogens is 333 g/mol. The van der Waals surface area contributed by atoms with Gasteiger partial charge < -0.3 is 9.67 Å². The molecule has 0 aliphatic heterocycles. The van der Waals surface area contributed by atoms with Crippen molar-refractivity contribution in [1.82, 2.24) is 14.3 Å². The van der Waals surface area contributed by atoms with E-state index in [1.54, 1.807) is 21.5 Å². The van der Waals surface area contributed by atoms with Gasteiger partial charge in [0.2, 0.25) is 0 Å². The molecule has 2 heterocycles. The number of halogens is 1. The molecule has 0 aliphatic carbocycles. The molecule has 0 spiro atoms. The molecule has 0 aromatic carbocycles. The van der Waals surface area contributed by atoms with E-state index in [9.17, 15) is 4.79 Å². The van der Waals surface area contributed by atoms with Crippen LogP contribution in [-0.2, 0) is 20.0 Å². The molecule has 17 heavy (non-hydrogen) atoms. The Balaban J connectivity index is 2.14. The zero-order chi connectivity index (χ0) is 12.4. The minimum Gasteiger partial charge on any atom is -0.477 e. The number of hydrogen-bond acceptors (Lipinski definition) is 2. The van der Waals surface area contributed by atoms with Gasteiger partial charge in [-0.15, -0.1) is 0 Å². The second-order valence-electron chi connectivity index (χ2n) is 3.74. The maximum Gasteiger partial charge on any atom is 0.352 e. The molecule has 0 aliphatic rings. The lowest BCUT2D eigenvalue weighted by Gasteiger charge is -2.06. The van der Waals surface area contributed by atoms with Crippen molar-refractivity contribution in [1.29, 1.82) is 0 Å². The number of aromatic nitrogens is 3. The highest BCUT2D eigenvalue weighted by Crippen LogP contribution is 2.12. The molecule has 0 radical (unpaired) electrons. The molecule has 1 N–H and O–H groups in total. The number of carboxylic acid groups (broad SMARTS) is 1. The van der Waals surface area contributed by atoms with E-state index in [-0.39, 0.29) is 0 Å². The molecule has 6 heteroatoms. The summed E-state index contributed by atoms with van der Waals surface area (Å²) in [6, 6.07) is 3.61. The van der Waals surface area contributed by atoms with Gasteiger partial charge in [0.05, 0.1) is 0 Å². The summed E-state index contributed by atoms with van der Waals surface area (Å²) in [5, 5.41) is 13.1. The van der Waals surface area contributed by atoms with Crippen LogP contribution in [0.3, 0.4) is 0 Å². The molecule has 2 aromatic rings. The van der Waals surface area contributed by atoms with Crippen molar-refractivity contribution < 1.29 is 9.90 Å². The number of carbonyl (C=O) groups is 1. The van der Waals surface area contributed by atoms with Crippen LogP contribution < -0.4 is 0 Å². The zero-order valence-electron chi connectivity index (χ0n) is 9.30. The van der Waals surface area contributed by atoms with Gasteiger partial charge in [-0.25, -0.2) is 4.79 Å². The van der Waals surface area contributed by atoms with Gasteiger partial charge in [-0.05, 0) is 34.7 Å². The monoisotopic (exact) mass is 345 g/mol. The lowest BCUT2D eigenvalue weighted by atomic mass is 10.3.